The minimum absolute atomic E-state index is 0.0230. The van der Waals surface area contributed by atoms with E-state index >= 15 is 0 Å². The number of nitrogens with one attached hydrogen (secondary N) is 1. The van der Waals surface area contributed by atoms with Crippen LogP contribution in [0.2, 0.25) is 0 Å². The summed E-state index contributed by atoms with van der Waals surface area (Å²) in [6.45, 7) is 0.532. The molecule has 0 bridgehead atoms. The quantitative estimate of drug-likeness (QED) is 0.681. The van der Waals surface area contributed by atoms with Gasteiger partial charge >= 0.3 is 0 Å². The van der Waals surface area contributed by atoms with Gasteiger partial charge < -0.3 is 5.32 Å². The van der Waals surface area contributed by atoms with Crippen LogP contribution in [-0.4, -0.2) is 4.92 Å². The van der Waals surface area contributed by atoms with Gasteiger partial charge in [-0.3, -0.25) is 10.1 Å². The van der Waals surface area contributed by atoms with Gasteiger partial charge in [-0.25, -0.2) is 0 Å². The first-order chi connectivity index (χ1) is 9.60. The Hall–Kier alpha value is -2.39. The normalized spacial score (nSPS) is 9.80. The number of nitro benzene ring substituents is 1. The lowest BCUT2D eigenvalue weighted by molar-refractivity contribution is -0.385. The van der Waals surface area contributed by atoms with E-state index in [2.05, 4.69) is 27.3 Å². The average molecular weight is 332 g/mol. The Balaban J connectivity index is 2.09. The molecule has 0 heterocycles. The summed E-state index contributed by atoms with van der Waals surface area (Å²) in [6, 6.07) is 14.1. The number of hydrogen-bond donors (Lipinski definition) is 1. The fraction of sp³-hybridized carbons (Fsp3) is 0.0714. The molecular formula is C14H10BrN3O2. The third-order valence-corrected chi connectivity index (χ3v) is 3.39. The summed E-state index contributed by atoms with van der Waals surface area (Å²) in [7, 11) is 0. The van der Waals surface area contributed by atoms with Crippen molar-refractivity contribution in [1.82, 2.24) is 0 Å². The van der Waals surface area contributed by atoms with Crippen molar-refractivity contribution in [3.8, 4) is 6.07 Å². The summed E-state index contributed by atoms with van der Waals surface area (Å²) in [5.74, 6) is 0. The van der Waals surface area contributed by atoms with Crippen LogP contribution in [0.3, 0.4) is 0 Å². The van der Waals surface area contributed by atoms with Gasteiger partial charge in [0, 0.05) is 18.3 Å². The van der Waals surface area contributed by atoms with Crippen molar-refractivity contribution in [2.75, 3.05) is 5.32 Å². The van der Waals surface area contributed by atoms with E-state index < -0.39 is 4.92 Å². The molecule has 2 aromatic carbocycles. The lowest BCUT2D eigenvalue weighted by atomic mass is 10.1. The largest absolute Gasteiger partial charge is 0.381 e. The Morgan fingerprint density at radius 3 is 2.55 bits per heavy atom. The van der Waals surface area contributed by atoms with Crippen LogP contribution in [0.25, 0.3) is 0 Å². The topological polar surface area (TPSA) is 79.0 Å². The summed E-state index contributed by atoms with van der Waals surface area (Å²) in [5.41, 5.74) is 2.29. The number of benzene rings is 2. The molecule has 0 aliphatic rings. The SMILES string of the molecule is N#Cc1ccc(CNc2ccc(Br)c([N+](=O)[O-])c2)cc1. The minimum atomic E-state index is -0.434. The number of nitrogens with zero attached hydrogens (tertiary/aromatic N) is 2. The lowest BCUT2D eigenvalue weighted by Gasteiger charge is -2.07. The van der Waals surface area contributed by atoms with Crippen molar-refractivity contribution >= 4 is 27.3 Å². The highest BCUT2D eigenvalue weighted by atomic mass is 79.9. The summed E-state index contributed by atoms with van der Waals surface area (Å²) in [6.07, 6.45) is 0. The summed E-state index contributed by atoms with van der Waals surface area (Å²) >= 11 is 3.14. The standard InChI is InChI=1S/C14H10BrN3O2/c15-13-6-5-12(7-14(13)18(19)20)17-9-11-3-1-10(8-16)2-4-11/h1-7,17H,9H2. The van der Waals surface area contributed by atoms with Crippen LogP contribution in [-0.2, 0) is 6.54 Å². The molecule has 0 aromatic heterocycles. The zero-order valence-electron chi connectivity index (χ0n) is 10.3. The van der Waals surface area contributed by atoms with E-state index in [1.54, 1.807) is 24.3 Å². The minimum Gasteiger partial charge on any atom is -0.381 e. The Labute approximate surface area is 124 Å². The van der Waals surface area contributed by atoms with Crippen molar-refractivity contribution in [2.24, 2.45) is 0 Å². The first-order valence-electron chi connectivity index (χ1n) is 5.77. The maximum atomic E-state index is 10.8. The molecule has 0 fully saturated rings. The maximum Gasteiger partial charge on any atom is 0.285 e. The zero-order valence-corrected chi connectivity index (χ0v) is 11.9. The molecule has 0 saturated heterocycles. The molecule has 20 heavy (non-hydrogen) atoms. The monoisotopic (exact) mass is 331 g/mol. The van der Waals surface area contributed by atoms with Gasteiger partial charge in [0.15, 0.2) is 0 Å². The molecule has 0 aliphatic carbocycles. The zero-order chi connectivity index (χ0) is 14.5. The van der Waals surface area contributed by atoms with E-state index in [0.29, 0.717) is 22.3 Å². The van der Waals surface area contributed by atoms with Crippen LogP contribution < -0.4 is 5.32 Å². The van der Waals surface area contributed by atoms with Gasteiger partial charge in [-0.05, 0) is 45.8 Å². The molecule has 0 saturated carbocycles. The molecule has 0 aliphatic heterocycles. The summed E-state index contributed by atoms with van der Waals surface area (Å²) in [4.78, 5) is 10.4. The predicted octanol–water partition coefficient (Wildman–Crippen LogP) is 3.84. The molecule has 100 valence electrons. The van der Waals surface area contributed by atoms with Crippen LogP contribution in [0.5, 0.6) is 0 Å². The number of rotatable bonds is 4. The van der Waals surface area contributed by atoms with E-state index in [1.165, 1.54) is 6.07 Å². The van der Waals surface area contributed by atoms with E-state index in [9.17, 15) is 10.1 Å². The van der Waals surface area contributed by atoms with Gasteiger partial charge in [0.05, 0.1) is 21.0 Å². The van der Waals surface area contributed by atoms with Crippen molar-refractivity contribution in [3.63, 3.8) is 0 Å². The van der Waals surface area contributed by atoms with Gasteiger partial charge in [0.25, 0.3) is 5.69 Å². The Morgan fingerprint density at radius 2 is 1.95 bits per heavy atom. The highest BCUT2D eigenvalue weighted by Crippen LogP contribution is 2.27. The second kappa shape index (κ2) is 6.17. The molecule has 0 spiro atoms. The summed E-state index contributed by atoms with van der Waals surface area (Å²) in [5, 5.41) is 22.7. The van der Waals surface area contributed by atoms with E-state index in [4.69, 9.17) is 5.26 Å². The smallest absolute Gasteiger partial charge is 0.285 e. The van der Waals surface area contributed by atoms with Crippen LogP contribution in [0.1, 0.15) is 11.1 Å². The number of nitro groups is 1. The van der Waals surface area contributed by atoms with Crippen molar-refractivity contribution in [2.45, 2.75) is 6.54 Å². The molecule has 2 rings (SSSR count). The van der Waals surface area contributed by atoms with Crippen molar-refractivity contribution < 1.29 is 4.92 Å². The average Bonchev–Trinajstić information content (AvgIpc) is 2.46. The highest BCUT2D eigenvalue weighted by molar-refractivity contribution is 9.10. The third kappa shape index (κ3) is 3.33. The number of halogens is 1. The first kappa shape index (κ1) is 14.0. The number of anilines is 1. The van der Waals surface area contributed by atoms with Crippen molar-refractivity contribution in [1.29, 1.82) is 5.26 Å². The highest BCUT2D eigenvalue weighted by Gasteiger charge is 2.11. The van der Waals surface area contributed by atoms with E-state index in [-0.39, 0.29) is 5.69 Å². The molecule has 2 aromatic rings. The van der Waals surface area contributed by atoms with Gasteiger partial charge in [0.1, 0.15) is 0 Å². The molecule has 0 radical (unpaired) electrons. The van der Waals surface area contributed by atoms with E-state index in [1.807, 2.05) is 12.1 Å². The molecule has 0 atom stereocenters. The molecule has 5 nitrogen and oxygen atoms in total. The Bertz CT molecular complexity index is 678. The van der Waals surface area contributed by atoms with Gasteiger partial charge in [-0.15, -0.1) is 0 Å². The summed E-state index contributed by atoms with van der Waals surface area (Å²) < 4.78 is 0.450. The molecule has 0 amide bonds. The molecule has 6 heteroatoms. The third-order valence-electron chi connectivity index (χ3n) is 2.72. The second-order valence-electron chi connectivity index (χ2n) is 4.09. The predicted molar refractivity (Wildman–Crippen MR) is 79.3 cm³/mol. The molecule has 0 unspecified atom stereocenters. The van der Waals surface area contributed by atoms with Crippen LogP contribution in [0, 0.1) is 21.4 Å². The van der Waals surface area contributed by atoms with E-state index in [0.717, 1.165) is 5.56 Å². The van der Waals surface area contributed by atoms with Crippen LogP contribution in [0.15, 0.2) is 46.9 Å². The Kier molecular flexibility index (Phi) is 4.33. The van der Waals surface area contributed by atoms with Gasteiger partial charge in [-0.1, -0.05) is 12.1 Å². The molecular weight excluding hydrogens is 322 g/mol. The lowest BCUT2D eigenvalue weighted by Crippen LogP contribution is -2.00. The van der Waals surface area contributed by atoms with Crippen molar-refractivity contribution in [3.05, 3.63) is 68.2 Å². The second-order valence-corrected chi connectivity index (χ2v) is 4.94. The number of hydrogen-bond acceptors (Lipinski definition) is 4. The number of nitriles is 1. The fourth-order valence-corrected chi connectivity index (χ4v) is 2.06. The molecule has 1 N–H and O–H groups in total. The van der Waals surface area contributed by atoms with Crippen LogP contribution >= 0.6 is 15.9 Å². The maximum absolute atomic E-state index is 10.8. The fourth-order valence-electron chi connectivity index (χ4n) is 1.66. The van der Waals surface area contributed by atoms with Crippen LogP contribution in [0.4, 0.5) is 11.4 Å². The van der Waals surface area contributed by atoms with Gasteiger partial charge in [-0.2, -0.15) is 5.26 Å². The first-order valence-corrected chi connectivity index (χ1v) is 6.56. The Morgan fingerprint density at radius 1 is 1.25 bits per heavy atom. The van der Waals surface area contributed by atoms with Gasteiger partial charge in [0.2, 0.25) is 0 Å².